The van der Waals surface area contributed by atoms with E-state index in [0.717, 1.165) is 0 Å². The van der Waals surface area contributed by atoms with Crippen molar-refractivity contribution >= 4 is 40.3 Å². The SMILES string of the molecule is C[C@@H](c1nc2cccc(Cl)c2c(=O)n1-c1cccc(NC(=O)NC(C)(C)C)c1)N(C(=O)O)C(C)(C)C. The van der Waals surface area contributed by atoms with Gasteiger partial charge in [0, 0.05) is 16.8 Å². The summed E-state index contributed by atoms with van der Waals surface area (Å²) in [6, 6.07) is 10.5. The molecule has 36 heavy (non-hydrogen) atoms. The highest BCUT2D eigenvalue weighted by atomic mass is 35.5. The molecule has 0 aliphatic carbocycles. The maximum Gasteiger partial charge on any atom is 0.408 e. The molecule has 3 aromatic rings. The van der Waals surface area contributed by atoms with Gasteiger partial charge < -0.3 is 15.7 Å². The van der Waals surface area contributed by atoms with Gasteiger partial charge in [0.25, 0.3) is 5.56 Å². The molecule has 3 N–H and O–H groups in total. The molecule has 1 heterocycles. The Balaban J connectivity index is 2.25. The fourth-order valence-corrected chi connectivity index (χ4v) is 4.36. The van der Waals surface area contributed by atoms with Crippen molar-refractivity contribution in [2.24, 2.45) is 0 Å². The lowest BCUT2D eigenvalue weighted by atomic mass is 10.0. The van der Waals surface area contributed by atoms with Gasteiger partial charge in [-0.1, -0.05) is 23.7 Å². The summed E-state index contributed by atoms with van der Waals surface area (Å²) >= 11 is 6.38. The number of nitrogens with one attached hydrogen (secondary N) is 2. The van der Waals surface area contributed by atoms with Gasteiger partial charge in [-0.2, -0.15) is 0 Å². The standard InChI is InChI=1S/C26H32ClN5O4/c1-15(32(24(35)36)26(5,6)7)21-29-19-13-9-12-18(27)20(19)22(33)31(21)17-11-8-10-16(14-17)28-23(34)30-25(2,3)4/h8-15H,1-7H3,(H,35,36)(H2,28,30,34)/t15-/m0/s1. The maximum absolute atomic E-state index is 13.8. The molecular weight excluding hydrogens is 482 g/mol. The third kappa shape index (κ3) is 5.79. The summed E-state index contributed by atoms with van der Waals surface area (Å²) in [4.78, 5) is 44.4. The maximum atomic E-state index is 13.8. The van der Waals surface area contributed by atoms with Gasteiger partial charge in [0.05, 0.1) is 27.7 Å². The topological polar surface area (TPSA) is 117 Å². The Morgan fingerprint density at radius 3 is 2.31 bits per heavy atom. The van der Waals surface area contributed by atoms with E-state index in [-0.39, 0.29) is 16.2 Å². The summed E-state index contributed by atoms with van der Waals surface area (Å²) in [5.41, 5.74) is -0.431. The molecule has 0 saturated carbocycles. The van der Waals surface area contributed by atoms with Gasteiger partial charge in [0.2, 0.25) is 0 Å². The van der Waals surface area contributed by atoms with Crippen LogP contribution in [-0.2, 0) is 0 Å². The first-order chi connectivity index (χ1) is 16.6. The van der Waals surface area contributed by atoms with E-state index in [2.05, 4.69) is 10.6 Å². The number of rotatable bonds is 4. The van der Waals surface area contributed by atoms with Crippen molar-refractivity contribution in [1.82, 2.24) is 19.8 Å². The van der Waals surface area contributed by atoms with Gasteiger partial charge in [0.1, 0.15) is 5.82 Å². The molecule has 0 aliphatic rings. The lowest BCUT2D eigenvalue weighted by molar-refractivity contribution is 0.0719. The second-order valence-electron chi connectivity index (χ2n) is 10.6. The highest BCUT2D eigenvalue weighted by Crippen LogP contribution is 2.30. The summed E-state index contributed by atoms with van der Waals surface area (Å²) in [6.07, 6.45) is -1.14. The van der Waals surface area contributed by atoms with Crippen LogP contribution in [0.2, 0.25) is 5.02 Å². The Morgan fingerprint density at radius 1 is 1.08 bits per heavy atom. The van der Waals surface area contributed by atoms with Crippen LogP contribution in [0.5, 0.6) is 0 Å². The van der Waals surface area contributed by atoms with Crippen molar-refractivity contribution in [2.45, 2.75) is 65.6 Å². The average Bonchev–Trinajstić information content (AvgIpc) is 2.70. The summed E-state index contributed by atoms with van der Waals surface area (Å²) in [7, 11) is 0. The third-order valence-electron chi connectivity index (χ3n) is 5.41. The van der Waals surface area contributed by atoms with Gasteiger partial charge >= 0.3 is 12.1 Å². The quantitative estimate of drug-likeness (QED) is 0.407. The molecule has 3 amide bonds. The molecule has 0 fully saturated rings. The second kappa shape index (κ2) is 9.81. The van der Waals surface area contributed by atoms with E-state index in [0.29, 0.717) is 16.9 Å². The lowest BCUT2D eigenvalue weighted by Gasteiger charge is -2.38. The zero-order valence-electron chi connectivity index (χ0n) is 21.5. The second-order valence-corrected chi connectivity index (χ2v) is 11.0. The number of hydrogen-bond donors (Lipinski definition) is 3. The molecule has 0 unspecified atom stereocenters. The molecule has 1 atom stereocenters. The van der Waals surface area contributed by atoms with E-state index in [1.54, 1.807) is 70.2 Å². The van der Waals surface area contributed by atoms with Crippen molar-refractivity contribution in [3.05, 3.63) is 63.7 Å². The monoisotopic (exact) mass is 513 g/mol. The van der Waals surface area contributed by atoms with Crippen LogP contribution in [0.25, 0.3) is 16.6 Å². The molecule has 3 rings (SSSR count). The number of hydrogen-bond acceptors (Lipinski definition) is 4. The van der Waals surface area contributed by atoms with Gasteiger partial charge in [-0.25, -0.2) is 14.6 Å². The Morgan fingerprint density at radius 2 is 1.72 bits per heavy atom. The highest BCUT2D eigenvalue weighted by Gasteiger charge is 2.34. The van der Waals surface area contributed by atoms with E-state index in [1.807, 2.05) is 20.8 Å². The van der Waals surface area contributed by atoms with E-state index in [9.17, 15) is 19.5 Å². The van der Waals surface area contributed by atoms with Crippen LogP contribution in [0.4, 0.5) is 15.3 Å². The number of nitrogens with zero attached hydrogens (tertiary/aromatic N) is 3. The first-order valence-electron chi connectivity index (χ1n) is 11.5. The van der Waals surface area contributed by atoms with Gasteiger partial charge in [-0.3, -0.25) is 14.3 Å². The molecule has 0 bridgehead atoms. The summed E-state index contributed by atoms with van der Waals surface area (Å²) in [5.74, 6) is 0.225. The van der Waals surface area contributed by atoms with Crippen LogP contribution in [0.15, 0.2) is 47.3 Å². The molecule has 0 radical (unpaired) electrons. The molecule has 1 aromatic heterocycles. The first-order valence-corrected chi connectivity index (χ1v) is 11.9. The Labute approximate surface area is 215 Å². The number of benzene rings is 2. The van der Waals surface area contributed by atoms with E-state index in [1.165, 1.54) is 9.47 Å². The molecule has 9 nitrogen and oxygen atoms in total. The van der Waals surface area contributed by atoms with Crippen LogP contribution in [0.3, 0.4) is 0 Å². The third-order valence-corrected chi connectivity index (χ3v) is 5.73. The summed E-state index contributed by atoms with van der Waals surface area (Å²) in [5, 5.41) is 16.1. The van der Waals surface area contributed by atoms with Crippen LogP contribution < -0.4 is 16.2 Å². The summed E-state index contributed by atoms with van der Waals surface area (Å²) < 4.78 is 1.35. The molecule has 0 aliphatic heterocycles. The normalized spacial score (nSPS) is 12.8. The Bertz CT molecular complexity index is 1370. The van der Waals surface area contributed by atoms with Gasteiger partial charge in [0.15, 0.2) is 0 Å². The molecular formula is C26H32ClN5O4. The average molecular weight is 514 g/mol. The number of amides is 3. The predicted molar refractivity (Wildman–Crippen MR) is 142 cm³/mol. The fourth-order valence-electron chi connectivity index (χ4n) is 4.11. The lowest BCUT2D eigenvalue weighted by Crippen LogP contribution is -2.47. The predicted octanol–water partition coefficient (Wildman–Crippen LogP) is 5.80. The van der Waals surface area contributed by atoms with Crippen molar-refractivity contribution in [2.75, 3.05) is 5.32 Å². The minimum Gasteiger partial charge on any atom is -0.465 e. The molecule has 10 heteroatoms. The number of anilines is 1. The largest absolute Gasteiger partial charge is 0.465 e. The minimum absolute atomic E-state index is 0.219. The molecule has 0 spiro atoms. The van der Waals surface area contributed by atoms with E-state index >= 15 is 0 Å². The number of carboxylic acid groups (broad SMARTS) is 1. The zero-order chi connectivity index (χ0) is 27.0. The van der Waals surface area contributed by atoms with Crippen molar-refractivity contribution < 1.29 is 14.7 Å². The van der Waals surface area contributed by atoms with Gasteiger partial charge in [-0.05, 0) is 78.8 Å². The number of fused-ring (bicyclic) bond motifs is 1. The number of carbonyl (C=O) groups excluding carboxylic acids is 1. The van der Waals surface area contributed by atoms with Crippen molar-refractivity contribution in [1.29, 1.82) is 0 Å². The van der Waals surface area contributed by atoms with Crippen LogP contribution in [-0.4, -0.2) is 42.8 Å². The number of urea groups is 1. The van der Waals surface area contributed by atoms with Gasteiger partial charge in [-0.15, -0.1) is 0 Å². The van der Waals surface area contributed by atoms with E-state index < -0.39 is 34.8 Å². The van der Waals surface area contributed by atoms with E-state index in [4.69, 9.17) is 16.6 Å². The van der Waals surface area contributed by atoms with Crippen LogP contribution in [0, 0.1) is 0 Å². The first kappa shape index (κ1) is 27.0. The highest BCUT2D eigenvalue weighted by molar-refractivity contribution is 6.35. The molecule has 2 aromatic carbocycles. The van der Waals surface area contributed by atoms with Crippen molar-refractivity contribution in [3.8, 4) is 5.69 Å². The van der Waals surface area contributed by atoms with Crippen molar-refractivity contribution in [3.63, 3.8) is 0 Å². The number of halogens is 1. The zero-order valence-corrected chi connectivity index (χ0v) is 22.3. The van der Waals surface area contributed by atoms with Crippen LogP contribution >= 0.6 is 11.6 Å². The smallest absolute Gasteiger partial charge is 0.408 e. The number of carbonyl (C=O) groups is 2. The minimum atomic E-state index is -1.14. The molecule has 192 valence electrons. The Hall–Kier alpha value is -3.59. The Kier molecular flexibility index (Phi) is 7.36. The fraction of sp³-hybridized carbons (Fsp3) is 0.385. The summed E-state index contributed by atoms with van der Waals surface area (Å²) in [6.45, 7) is 12.6. The molecule has 0 saturated heterocycles. The number of aromatic nitrogens is 2. The van der Waals surface area contributed by atoms with Crippen LogP contribution in [0.1, 0.15) is 60.3 Å².